The van der Waals surface area contributed by atoms with Crippen LogP contribution in [0.15, 0.2) is 48.5 Å². The summed E-state index contributed by atoms with van der Waals surface area (Å²) in [5.74, 6) is 1.07. The molecule has 2 rings (SSSR count). The lowest BCUT2D eigenvalue weighted by Gasteiger charge is -2.30. The highest BCUT2D eigenvalue weighted by Crippen LogP contribution is 2.26. The molecule has 28 heavy (non-hydrogen) atoms. The number of rotatable bonds is 10. The van der Waals surface area contributed by atoms with Gasteiger partial charge in [0.2, 0.25) is 0 Å². The molecule has 2 aromatic rings. The van der Waals surface area contributed by atoms with Crippen molar-refractivity contribution in [3.05, 3.63) is 59.7 Å². The topological polar surface area (TPSA) is 47.6 Å². The van der Waals surface area contributed by atoms with Crippen molar-refractivity contribution >= 4 is 11.6 Å². The average Bonchev–Trinajstić information content (AvgIpc) is 2.66. The van der Waals surface area contributed by atoms with Gasteiger partial charge < -0.3 is 14.8 Å². The summed E-state index contributed by atoms with van der Waals surface area (Å²) in [5.41, 5.74) is 2.02. The minimum atomic E-state index is -0.833. The second-order valence-corrected chi connectivity index (χ2v) is 7.89. The third-order valence-electron chi connectivity index (χ3n) is 4.57. The maximum absolute atomic E-state index is 12.9. The summed E-state index contributed by atoms with van der Waals surface area (Å²) < 4.78 is 11.8. The Morgan fingerprint density at radius 1 is 1.14 bits per heavy atom. The van der Waals surface area contributed by atoms with Crippen LogP contribution in [0, 0.1) is 12.8 Å². The van der Waals surface area contributed by atoms with E-state index in [0.29, 0.717) is 25.6 Å². The molecular weight excluding hydrogens is 350 g/mol. The summed E-state index contributed by atoms with van der Waals surface area (Å²) in [6, 6.07) is 15.8. The Hall–Kier alpha value is -2.33. The molecule has 0 bridgehead atoms. The monoisotopic (exact) mass is 383 g/mol. The van der Waals surface area contributed by atoms with Crippen molar-refractivity contribution in [1.82, 2.24) is 0 Å². The molecule has 0 radical (unpaired) electrons. The third kappa shape index (κ3) is 6.38. The smallest absolute Gasteiger partial charge is 0.256 e. The summed E-state index contributed by atoms with van der Waals surface area (Å²) in [6.45, 7) is 11.2. The van der Waals surface area contributed by atoms with Crippen LogP contribution in [0.1, 0.15) is 51.7 Å². The van der Waals surface area contributed by atoms with Gasteiger partial charge in [0.05, 0.1) is 0 Å². The predicted octanol–water partition coefficient (Wildman–Crippen LogP) is 5.74. The maximum Gasteiger partial charge on any atom is 0.256 e. The Labute approximate surface area is 169 Å². The lowest BCUT2D eigenvalue weighted by molar-refractivity contribution is -0.141. The van der Waals surface area contributed by atoms with E-state index in [2.05, 4.69) is 19.2 Å². The number of ether oxygens (including phenoxy) is 2. The molecule has 1 amide bonds. The fourth-order valence-corrected chi connectivity index (χ4v) is 3.21. The van der Waals surface area contributed by atoms with E-state index in [0.717, 1.165) is 29.0 Å². The van der Waals surface area contributed by atoms with Gasteiger partial charge in [-0.15, -0.1) is 0 Å². The molecule has 2 aromatic carbocycles. The van der Waals surface area contributed by atoms with Crippen LogP contribution in [0.2, 0.25) is 0 Å². The van der Waals surface area contributed by atoms with Gasteiger partial charge in [-0.05, 0) is 61.9 Å². The van der Waals surface area contributed by atoms with Crippen LogP contribution in [-0.2, 0) is 16.1 Å². The Morgan fingerprint density at radius 2 is 1.86 bits per heavy atom. The summed E-state index contributed by atoms with van der Waals surface area (Å²) in [6.07, 6.45) is 1.56. The molecule has 0 aliphatic rings. The number of amides is 1. The summed E-state index contributed by atoms with van der Waals surface area (Å²) >= 11 is 0. The molecule has 0 fully saturated rings. The lowest BCUT2D eigenvalue weighted by atomic mass is 9.93. The molecule has 4 heteroatoms. The molecule has 0 unspecified atom stereocenters. The van der Waals surface area contributed by atoms with E-state index < -0.39 is 5.60 Å². The highest BCUT2D eigenvalue weighted by atomic mass is 16.5. The maximum atomic E-state index is 12.9. The quantitative estimate of drug-likeness (QED) is 0.569. The summed E-state index contributed by atoms with van der Waals surface area (Å²) in [7, 11) is 0. The minimum absolute atomic E-state index is 0.105. The van der Waals surface area contributed by atoms with Crippen molar-refractivity contribution in [3.8, 4) is 5.75 Å². The van der Waals surface area contributed by atoms with Crippen LogP contribution in [0.3, 0.4) is 0 Å². The molecule has 0 heterocycles. The summed E-state index contributed by atoms with van der Waals surface area (Å²) in [5, 5.41) is 3.02. The van der Waals surface area contributed by atoms with E-state index in [4.69, 9.17) is 9.47 Å². The number of hydrogen-bond donors (Lipinski definition) is 1. The van der Waals surface area contributed by atoms with Crippen LogP contribution in [-0.4, -0.2) is 18.1 Å². The molecule has 152 valence electrons. The van der Waals surface area contributed by atoms with Crippen LogP contribution in [0.5, 0.6) is 5.75 Å². The van der Waals surface area contributed by atoms with Crippen LogP contribution < -0.4 is 10.1 Å². The van der Waals surface area contributed by atoms with E-state index in [-0.39, 0.29) is 5.91 Å². The number of benzene rings is 2. The van der Waals surface area contributed by atoms with Crippen LogP contribution in [0.25, 0.3) is 0 Å². The summed E-state index contributed by atoms with van der Waals surface area (Å²) in [4.78, 5) is 12.9. The van der Waals surface area contributed by atoms with E-state index >= 15 is 0 Å². The lowest BCUT2D eigenvalue weighted by Crippen LogP contribution is -2.44. The zero-order valence-corrected chi connectivity index (χ0v) is 17.7. The number of aryl methyl sites for hydroxylation is 1. The van der Waals surface area contributed by atoms with Crippen molar-refractivity contribution in [1.29, 1.82) is 0 Å². The van der Waals surface area contributed by atoms with Crippen molar-refractivity contribution < 1.29 is 14.3 Å². The van der Waals surface area contributed by atoms with Gasteiger partial charge in [0.25, 0.3) is 5.91 Å². The van der Waals surface area contributed by atoms with Crippen molar-refractivity contribution in [2.24, 2.45) is 5.92 Å². The Bertz CT molecular complexity index is 758. The van der Waals surface area contributed by atoms with Gasteiger partial charge in [-0.2, -0.15) is 0 Å². The normalized spacial score (nSPS) is 13.2. The number of nitrogens with one attached hydrogen (secondary N) is 1. The van der Waals surface area contributed by atoms with Gasteiger partial charge in [0.15, 0.2) is 0 Å². The Balaban J connectivity index is 2.04. The van der Waals surface area contributed by atoms with Gasteiger partial charge in [0, 0.05) is 12.3 Å². The number of hydrogen-bond acceptors (Lipinski definition) is 3. The Kier molecular flexibility index (Phi) is 8.06. The van der Waals surface area contributed by atoms with E-state index in [1.807, 2.05) is 69.3 Å². The number of anilines is 1. The molecular formula is C24H33NO3. The molecule has 0 aromatic heterocycles. The fraction of sp³-hybridized carbons (Fsp3) is 0.458. The molecule has 1 N–H and O–H groups in total. The number of carbonyl (C=O) groups is 1. The van der Waals surface area contributed by atoms with E-state index in [1.54, 1.807) is 0 Å². The van der Waals surface area contributed by atoms with E-state index in [1.165, 1.54) is 0 Å². The largest absolute Gasteiger partial charge is 0.489 e. The molecule has 0 saturated carbocycles. The van der Waals surface area contributed by atoms with Gasteiger partial charge in [-0.3, -0.25) is 4.79 Å². The van der Waals surface area contributed by atoms with Crippen molar-refractivity contribution in [3.63, 3.8) is 0 Å². The molecule has 4 nitrogen and oxygen atoms in total. The van der Waals surface area contributed by atoms with E-state index in [9.17, 15) is 4.79 Å². The van der Waals surface area contributed by atoms with Crippen molar-refractivity contribution in [2.75, 3.05) is 11.9 Å². The first-order chi connectivity index (χ1) is 13.3. The molecule has 0 saturated heterocycles. The van der Waals surface area contributed by atoms with Gasteiger partial charge >= 0.3 is 0 Å². The molecule has 0 aliphatic carbocycles. The Morgan fingerprint density at radius 3 is 2.46 bits per heavy atom. The SMILES string of the molecule is CCCO[C@@](C)(CC(C)C)C(=O)Nc1ccc(OCc2ccccc2)c(C)c1. The standard InChI is InChI=1S/C24H33NO3/c1-6-14-28-24(5,16-18(2)3)23(26)25-21-12-13-22(19(4)15-21)27-17-20-10-8-7-9-11-20/h7-13,15,18H,6,14,16-17H2,1-5H3,(H,25,26)/t24-/m0/s1. The van der Waals surface area contributed by atoms with Gasteiger partial charge in [0.1, 0.15) is 18.0 Å². The van der Waals surface area contributed by atoms with Crippen molar-refractivity contribution in [2.45, 2.75) is 59.7 Å². The first kappa shape index (κ1) is 22.0. The third-order valence-corrected chi connectivity index (χ3v) is 4.57. The van der Waals surface area contributed by atoms with Crippen LogP contribution in [0.4, 0.5) is 5.69 Å². The molecule has 1 atom stereocenters. The number of carbonyl (C=O) groups excluding carboxylic acids is 1. The first-order valence-corrected chi connectivity index (χ1v) is 10.1. The highest BCUT2D eigenvalue weighted by molar-refractivity contribution is 5.97. The van der Waals surface area contributed by atoms with Crippen LogP contribution >= 0.6 is 0 Å². The predicted molar refractivity (Wildman–Crippen MR) is 115 cm³/mol. The zero-order chi connectivity index (χ0) is 20.6. The van der Waals surface area contributed by atoms with Gasteiger partial charge in [-0.1, -0.05) is 51.1 Å². The average molecular weight is 384 g/mol. The second kappa shape index (κ2) is 10.3. The first-order valence-electron chi connectivity index (χ1n) is 10.1. The minimum Gasteiger partial charge on any atom is -0.489 e. The highest BCUT2D eigenvalue weighted by Gasteiger charge is 2.35. The molecule has 0 aliphatic heterocycles. The zero-order valence-electron chi connectivity index (χ0n) is 17.7. The second-order valence-electron chi connectivity index (χ2n) is 7.89. The fourth-order valence-electron chi connectivity index (χ4n) is 3.21. The molecule has 0 spiro atoms. The van der Waals surface area contributed by atoms with Gasteiger partial charge in [-0.25, -0.2) is 0 Å².